The monoisotopic (exact) mass is 391 g/mol. The van der Waals surface area contributed by atoms with Crippen LogP contribution in [0.1, 0.15) is 12.0 Å². The molecule has 1 saturated heterocycles. The van der Waals surface area contributed by atoms with E-state index in [0.29, 0.717) is 23.6 Å². The van der Waals surface area contributed by atoms with Crippen molar-refractivity contribution in [1.82, 2.24) is 4.72 Å². The minimum absolute atomic E-state index is 0.100. The molecule has 136 valence electrons. The maximum absolute atomic E-state index is 12.6. The molecular formula is C18H18ClN3O3S. The van der Waals surface area contributed by atoms with Gasteiger partial charge in [0.25, 0.3) is 0 Å². The van der Waals surface area contributed by atoms with Gasteiger partial charge in [0, 0.05) is 17.6 Å². The largest absolute Gasteiger partial charge is 0.356 e. The van der Waals surface area contributed by atoms with Gasteiger partial charge in [0.2, 0.25) is 15.9 Å². The average Bonchev–Trinajstić information content (AvgIpc) is 3.01. The second kappa shape index (κ2) is 6.57. The number of fused-ring (bicyclic) bond motifs is 3. The fraction of sp³-hybridized carbons (Fsp3) is 0.278. The Kier molecular flexibility index (Phi) is 4.38. The molecule has 4 rings (SSSR count). The minimum atomic E-state index is -3.57. The molecule has 0 spiro atoms. The fourth-order valence-corrected chi connectivity index (χ4v) is 5.30. The van der Waals surface area contributed by atoms with Crippen LogP contribution in [0, 0.1) is 0 Å². The van der Waals surface area contributed by atoms with Gasteiger partial charge in [-0.15, -0.1) is 0 Å². The van der Waals surface area contributed by atoms with Gasteiger partial charge in [-0.3, -0.25) is 4.79 Å². The Morgan fingerprint density at radius 3 is 2.69 bits per heavy atom. The van der Waals surface area contributed by atoms with Crippen molar-refractivity contribution in [2.24, 2.45) is 0 Å². The van der Waals surface area contributed by atoms with Gasteiger partial charge in [-0.1, -0.05) is 41.9 Å². The Morgan fingerprint density at radius 1 is 1.15 bits per heavy atom. The number of hydrogen-bond donors (Lipinski definition) is 2. The van der Waals surface area contributed by atoms with Gasteiger partial charge in [0.15, 0.2) is 0 Å². The van der Waals surface area contributed by atoms with Gasteiger partial charge in [-0.05, 0) is 30.2 Å². The minimum Gasteiger partial charge on any atom is -0.356 e. The van der Waals surface area contributed by atoms with Gasteiger partial charge in [0.1, 0.15) is 6.04 Å². The predicted molar refractivity (Wildman–Crippen MR) is 102 cm³/mol. The van der Waals surface area contributed by atoms with Crippen LogP contribution in [0.25, 0.3) is 0 Å². The SMILES string of the molecule is O=C1Nc2ccccc2N2CC(NS(=O)(=O)Cc3ccccc3Cl)CC12. The first-order valence-electron chi connectivity index (χ1n) is 8.33. The van der Waals surface area contributed by atoms with E-state index < -0.39 is 10.0 Å². The lowest BCUT2D eigenvalue weighted by atomic mass is 10.1. The van der Waals surface area contributed by atoms with E-state index in [1.54, 1.807) is 24.3 Å². The highest BCUT2D eigenvalue weighted by Crippen LogP contribution is 2.36. The Balaban J connectivity index is 1.51. The van der Waals surface area contributed by atoms with E-state index in [2.05, 4.69) is 10.0 Å². The number of nitrogens with one attached hydrogen (secondary N) is 2. The van der Waals surface area contributed by atoms with Gasteiger partial charge in [0.05, 0.1) is 17.1 Å². The van der Waals surface area contributed by atoms with E-state index >= 15 is 0 Å². The van der Waals surface area contributed by atoms with Gasteiger partial charge < -0.3 is 10.2 Å². The van der Waals surface area contributed by atoms with Crippen molar-refractivity contribution in [3.8, 4) is 0 Å². The Labute approximate surface area is 157 Å². The Bertz CT molecular complexity index is 964. The smallest absolute Gasteiger partial charge is 0.247 e. The third-order valence-electron chi connectivity index (χ3n) is 4.72. The van der Waals surface area contributed by atoms with Gasteiger partial charge in [-0.2, -0.15) is 0 Å². The molecule has 26 heavy (non-hydrogen) atoms. The summed E-state index contributed by atoms with van der Waals surface area (Å²) in [6.45, 7) is 0.455. The van der Waals surface area contributed by atoms with Crippen LogP contribution in [0.5, 0.6) is 0 Å². The van der Waals surface area contributed by atoms with Crippen molar-refractivity contribution in [3.63, 3.8) is 0 Å². The molecule has 2 aliphatic rings. The highest BCUT2D eigenvalue weighted by atomic mass is 35.5. The molecule has 2 atom stereocenters. The number of benzene rings is 2. The molecule has 0 aromatic heterocycles. The van der Waals surface area contributed by atoms with Crippen LogP contribution in [-0.4, -0.2) is 33.0 Å². The standard InChI is InChI=1S/C18H18ClN3O3S/c19-14-6-2-1-5-12(14)11-26(24,25)21-13-9-17-18(23)20-15-7-3-4-8-16(15)22(17)10-13/h1-8,13,17,21H,9-11H2,(H,20,23). The topological polar surface area (TPSA) is 78.5 Å². The number of para-hydroxylation sites is 2. The highest BCUT2D eigenvalue weighted by Gasteiger charge is 2.42. The maximum Gasteiger partial charge on any atom is 0.247 e. The molecule has 2 unspecified atom stereocenters. The first kappa shape index (κ1) is 17.3. The number of hydrogen-bond acceptors (Lipinski definition) is 4. The van der Waals surface area contributed by atoms with Crippen molar-refractivity contribution >= 4 is 38.9 Å². The predicted octanol–water partition coefficient (Wildman–Crippen LogP) is 2.36. The molecule has 0 radical (unpaired) electrons. The lowest BCUT2D eigenvalue weighted by Gasteiger charge is -2.32. The summed E-state index contributed by atoms with van der Waals surface area (Å²) in [6.07, 6.45) is 0.432. The molecule has 0 aliphatic carbocycles. The first-order chi connectivity index (χ1) is 12.4. The number of amides is 1. The van der Waals surface area contributed by atoms with Crippen molar-refractivity contribution in [3.05, 3.63) is 59.1 Å². The third kappa shape index (κ3) is 3.30. The van der Waals surface area contributed by atoms with Crippen LogP contribution in [-0.2, 0) is 20.6 Å². The zero-order chi connectivity index (χ0) is 18.3. The third-order valence-corrected chi connectivity index (χ3v) is 6.48. The van der Waals surface area contributed by atoms with E-state index in [9.17, 15) is 13.2 Å². The second-order valence-electron chi connectivity index (χ2n) is 6.58. The zero-order valence-corrected chi connectivity index (χ0v) is 15.4. The lowest BCUT2D eigenvalue weighted by Crippen LogP contribution is -2.44. The number of rotatable bonds is 4. The molecule has 6 nitrogen and oxygen atoms in total. The van der Waals surface area contributed by atoms with Crippen molar-refractivity contribution in [2.75, 3.05) is 16.8 Å². The number of halogens is 1. The molecule has 2 aliphatic heterocycles. The molecule has 2 aromatic carbocycles. The summed E-state index contributed by atoms with van der Waals surface area (Å²) in [6, 6.07) is 13.7. The quantitative estimate of drug-likeness (QED) is 0.838. The number of sulfonamides is 1. The average molecular weight is 392 g/mol. The van der Waals surface area contributed by atoms with E-state index in [0.717, 1.165) is 11.4 Å². The zero-order valence-electron chi connectivity index (χ0n) is 13.9. The van der Waals surface area contributed by atoms with Gasteiger partial charge in [-0.25, -0.2) is 13.1 Å². The fourth-order valence-electron chi connectivity index (χ4n) is 3.60. The maximum atomic E-state index is 12.6. The summed E-state index contributed by atoms with van der Waals surface area (Å²) >= 11 is 6.07. The summed E-state index contributed by atoms with van der Waals surface area (Å²) in [5.74, 6) is -0.284. The van der Waals surface area contributed by atoms with E-state index in [-0.39, 0.29) is 23.7 Å². The molecule has 0 saturated carbocycles. The molecule has 2 aromatic rings. The van der Waals surface area contributed by atoms with Crippen molar-refractivity contribution in [2.45, 2.75) is 24.3 Å². The number of anilines is 2. The Hall–Kier alpha value is -2.09. The molecule has 8 heteroatoms. The van der Waals surface area contributed by atoms with Gasteiger partial charge >= 0.3 is 0 Å². The normalized spacial score (nSPS) is 21.9. The van der Waals surface area contributed by atoms with E-state index in [4.69, 9.17) is 11.6 Å². The van der Waals surface area contributed by atoms with Crippen molar-refractivity contribution in [1.29, 1.82) is 0 Å². The second-order valence-corrected chi connectivity index (χ2v) is 8.74. The molecular weight excluding hydrogens is 374 g/mol. The van der Waals surface area contributed by atoms with E-state index in [1.165, 1.54) is 0 Å². The highest BCUT2D eigenvalue weighted by molar-refractivity contribution is 7.88. The summed E-state index contributed by atoms with van der Waals surface area (Å²) in [5.41, 5.74) is 2.23. The number of nitrogens with zero attached hydrogens (tertiary/aromatic N) is 1. The Morgan fingerprint density at radius 2 is 1.88 bits per heavy atom. The summed E-state index contributed by atoms with van der Waals surface area (Å²) in [5, 5.41) is 3.31. The molecule has 1 fully saturated rings. The summed E-state index contributed by atoms with van der Waals surface area (Å²) in [7, 11) is -3.57. The molecule has 0 bridgehead atoms. The molecule has 2 heterocycles. The van der Waals surface area contributed by atoms with Crippen LogP contribution in [0.4, 0.5) is 11.4 Å². The van der Waals surface area contributed by atoms with Crippen molar-refractivity contribution < 1.29 is 13.2 Å². The lowest BCUT2D eigenvalue weighted by molar-refractivity contribution is -0.117. The summed E-state index contributed by atoms with van der Waals surface area (Å²) in [4.78, 5) is 14.3. The number of carbonyl (C=O) groups excluding carboxylic acids is 1. The van der Waals surface area contributed by atoms with Crippen LogP contribution in [0.3, 0.4) is 0 Å². The number of carbonyl (C=O) groups is 1. The first-order valence-corrected chi connectivity index (χ1v) is 10.4. The van der Waals surface area contributed by atoms with Crippen LogP contribution in [0.2, 0.25) is 5.02 Å². The molecule has 1 amide bonds. The summed E-state index contributed by atoms with van der Waals surface area (Å²) < 4.78 is 27.8. The van der Waals surface area contributed by atoms with Crippen LogP contribution in [0.15, 0.2) is 48.5 Å². The van der Waals surface area contributed by atoms with E-state index in [1.807, 2.05) is 29.2 Å². The van der Waals surface area contributed by atoms with Crippen LogP contribution < -0.4 is 14.9 Å². The van der Waals surface area contributed by atoms with Crippen LogP contribution >= 0.6 is 11.6 Å². The molecule has 2 N–H and O–H groups in total.